The van der Waals surface area contributed by atoms with E-state index >= 15 is 0 Å². The number of carbonyl (C=O) groups is 1. The Morgan fingerprint density at radius 1 is 1.45 bits per heavy atom. The highest BCUT2D eigenvalue weighted by Crippen LogP contribution is 2.29. The summed E-state index contributed by atoms with van der Waals surface area (Å²) in [4.78, 5) is 14.1. The van der Waals surface area contributed by atoms with Crippen LogP contribution in [0.25, 0.3) is 0 Å². The van der Waals surface area contributed by atoms with Gasteiger partial charge in [-0.05, 0) is 42.0 Å². The minimum absolute atomic E-state index is 0.165. The van der Waals surface area contributed by atoms with E-state index < -0.39 is 12.1 Å². The van der Waals surface area contributed by atoms with Gasteiger partial charge in [0.05, 0.1) is 6.07 Å². The van der Waals surface area contributed by atoms with Crippen molar-refractivity contribution in [3.63, 3.8) is 0 Å². The highest BCUT2D eigenvalue weighted by Gasteiger charge is 2.31. The molecular weight excluding hydrogens is 250 g/mol. The van der Waals surface area contributed by atoms with Gasteiger partial charge in [-0.25, -0.2) is 0 Å². The fraction of sp³-hybridized carbons (Fsp3) is 0.375. The van der Waals surface area contributed by atoms with Crippen molar-refractivity contribution in [1.29, 1.82) is 5.26 Å². The highest BCUT2D eigenvalue weighted by atomic mass is 16.2. The molecule has 4 heteroatoms. The molecule has 102 valence electrons. The second-order valence-corrected chi connectivity index (χ2v) is 5.31. The van der Waals surface area contributed by atoms with Crippen LogP contribution < -0.4 is 5.73 Å². The number of rotatable bonds is 2. The van der Waals surface area contributed by atoms with Gasteiger partial charge in [-0.1, -0.05) is 24.3 Å². The molecule has 20 heavy (non-hydrogen) atoms. The quantitative estimate of drug-likeness (QED) is 0.825. The van der Waals surface area contributed by atoms with Crippen molar-refractivity contribution < 1.29 is 4.79 Å². The number of hydrogen-bond donors (Lipinski definition) is 1. The first-order valence-electron chi connectivity index (χ1n) is 6.95. The van der Waals surface area contributed by atoms with Crippen LogP contribution >= 0.6 is 0 Å². The lowest BCUT2D eigenvalue weighted by molar-refractivity contribution is -0.132. The number of nitrogens with zero attached hydrogens (tertiary/aromatic N) is 2. The molecule has 0 aromatic heterocycles. The van der Waals surface area contributed by atoms with Gasteiger partial charge in [0.1, 0.15) is 12.1 Å². The van der Waals surface area contributed by atoms with Gasteiger partial charge in [0.2, 0.25) is 5.91 Å². The zero-order chi connectivity index (χ0) is 14.1. The molecule has 2 atom stereocenters. The van der Waals surface area contributed by atoms with Gasteiger partial charge >= 0.3 is 0 Å². The average molecular weight is 267 g/mol. The van der Waals surface area contributed by atoms with Crippen molar-refractivity contribution in [2.75, 3.05) is 6.54 Å². The number of fused-ring (bicyclic) bond motifs is 1. The lowest BCUT2D eigenvalue weighted by atomic mass is 9.97. The summed E-state index contributed by atoms with van der Waals surface area (Å²) < 4.78 is 0. The zero-order valence-corrected chi connectivity index (χ0v) is 11.2. The maximum absolute atomic E-state index is 12.5. The first kappa shape index (κ1) is 12.9. The van der Waals surface area contributed by atoms with E-state index in [9.17, 15) is 4.79 Å². The van der Waals surface area contributed by atoms with Crippen molar-refractivity contribution in [2.24, 2.45) is 5.73 Å². The summed E-state index contributed by atoms with van der Waals surface area (Å²) in [5, 5.41) is 9.06. The second-order valence-electron chi connectivity index (χ2n) is 5.31. The van der Waals surface area contributed by atoms with Crippen molar-refractivity contribution in [3.8, 4) is 6.07 Å². The summed E-state index contributed by atoms with van der Waals surface area (Å²) in [6, 6.07) is 6.99. The van der Waals surface area contributed by atoms with E-state index in [0.29, 0.717) is 6.54 Å². The maximum atomic E-state index is 12.5. The van der Waals surface area contributed by atoms with Crippen LogP contribution in [0.3, 0.4) is 0 Å². The lowest BCUT2D eigenvalue weighted by Crippen LogP contribution is -2.41. The minimum atomic E-state index is -0.668. The van der Waals surface area contributed by atoms with Crippen LogP contribution in [0.5, 0.6) is 0 Å². The third kappa shape index (κ3) is 2.00. The molecule has 1 aromatic carbocycles. The SMILES string of the molecule is N#C[C@@H]1C=CCN1C(=O)C(N)c1cccc2c1CCC2. The van der Waals surface area contributed by atoms with E-state index in [4.69, 9.17) is 11.0 Å². The predicted octanol–water partition coefficient (Wildman–Crippen LogP) is 1.47. The first-order chi connectivity index (χ1) is 9.72. The molecule has 0 saturated heterocycles. The van der Waals surface area contributed by atoms with Gasteiger partial charge < -0.3 is 10.6 Å². The summed E-state index contributed by atoms with van der Waals surface area (Å²) in [6.07, 6.45) is 6.77. The Bertz CT molecular complexity index is 615. The van der Waals surface area contributed by atoms with Gasteiger partial charge in [-0.2, -0.15) is 5.26 Å². The molecule has 2 N–H and O–H groups in total. The Hall–Kier alpha value is -2.12. The van der Waals surface area contributed by atoms with E-state index in [1.807, 2.05) is 18.2 Å². The van der Waals surface area contributed by atoms with Gasteiger partial charge in [-0.15, -0.1) is 0 Å². The molecule has 1 aromatic rings. The Kier molecular flexibility index (Phi) is 3.29. The molecule has 0 spiro atoms. The molecular formula is C16H17N3O. The van der Waals surface area contributed by atoms with Crippen LogP contribution in [0.1, 0.15) is 29.2 Å². The van der Waals surface area contributed by atoms with E-state index in [0.717, 1.165) is 24.8 Å². The lowest BCUT2D eigenvalue weighted by Gasteiger charge is -2.24. The fourth-order valence-corrected chi connectivity index (χ4v) is 3.11. The molecule has 0 radical (unpaired) electrons. The minimum Gasteiger partial charge on any atom is -0.318 e. The summed E-state index contributed by atoms with van der Waals surface area (Å²) in [5.74, 6) is -0.165. The molecule has 0 saturated carbocycles. The summed E-state index contributed by atoms with van der Waals surface area (Å²) in [7, 11) is 0. The Morgan fingerprint density at radius 2 is 2.30 bits per heavy atom. The number of aryl methyl sites for hydroxylation is 1. The van der Waals surface area contributed by atoms with Gasteiger partial charge in [0.15, 0.2) is 0 Å². The van der Waals surface area contributed by atoms with Crippen molar-refractivity contribution >= 4 is 5.91 Å². The number of hydrogen-bond acceptors (Lipinski definition) is 3. The number of benzene rings is 1. The molecule has 1 amide bonds. The number of carbonyl (C=O) groups excluding carboxylic acids is 1. The molecule has 0 bridgehead atoms. The third-order valence-corrected chi connectivity index (χ3v) is 4.15. The van der Waals surface area contributed by atoms with Gasteiger partial charge in [0.25, 0.3) is 0 Å². The first-order valence-corrected chi connectivity index (χ1v) is 6.95. The molecule has 1 aliphatic carbocycles. The van der Waals surface area contributed by atoms with Crippen molar-refractivity contribution in [1.82, 2.24) is 4.90 Å². The molecule has 2 aliphatic rings. The van der Waals surface area contributed by atoms with E-state index in [-0.39, 0.29) is 5.91 Å². The predicted molar refractivity (Wildman–Crippen MR) is 75.6 cm³/mol. The van der Waals surface area contributed by atoms with E-state index in [2.05, 4.69) is 12.1 Å². The number of nitrogens with two attached hydrogens (primary N) is 1. The van der Waals surface area contributed by atoms with Gasteiger partial charge in [-0.3, -0.25) is 4.79 Å². The molecule has 1 aliphatic heterocycles. The molecule has 1 unspecified atom stereocenters. The smallest absolute Gasteiger partial charge is 0.245 e. The highest BCUT2D eigenvalue weighted by molar-refractivity contribution is 5.85. The summed E-state index contributed by atoms with van der Waals surface area (Å²) in [5.41, 5.74) is 9.64. The third-order valence-electron chi connectivity index (χ3n) is 4.15. The van der Waals surface area contributed by atoms with E-state index in [1.165, 1.54) is 11.1 Å². The topological polar surface area (TPSA) is 70.1 Å². The zero-order valence-electron chi connectivity index (χ0n) is 11.2. The van der Waals surface area contributed by atoms with Crippen LogP contribution in [-0.4, -0.2) is 23.4 Å². The van der Waals surface area contributed by atoms with Crippen LogP contribution in [-0.2, 0) is 17.6 Å². The molecule has 3 rings (SSSR count). The molecule has 1 heterocycles. The summed E-state index contributed by atoms with van der Waals surface area (Å²) in [6.45, 7) is 0.472. The normalized spacial score (nSPS) is 21.6. The Morgan fingerprint density at radius 3 is 3.10 bits per heavy atom. The fourth-order valence-electron chi connectivity index (χ4n) is 3.11. The van der Waals surface area contributed by atoms with Crippen LogP contribution in [0.4, 0.5) is 0 Å². The monoisotopic (exact) mass is 267 g/mol. The van der Waals surface area contributed by atoms with Crippen LogP contribution in [0.15, 0.2) is 30.4 Å². The van der Waals surface area contributed by atoms with Crippen LogP contribution in [0.2, 0.25) is 0 Å². The largest absolute Gasteiger partial charge is 0.318 e. The maximum Gasteiger partial charge on any atom is 0.245 e. The average Bonchev–Trinajstić information content (AvgIpc) is 3.13. The number of amides is 1. The van der Waals surface area contributed by atoms with Gasteiger partial charge in [0, 0.05) is 6.54 Å². The second kappa shape index (κ2) is 5.10. The molecule has 4 nitrogen and oxygen atoms in total. The van der Waals surface area contributed by atoms with Crippen molar-refractivity contribution in [2.45, 2.75) is 31.3 Å². The van der Waals surface area contributed by atoms with Crippen LogP contribution in [0, 0.1) is 11.3 Å². The standard InChI is InChI=1S/C16H17N3O/c17-10-12-6-3-9-19(12)16(20)15(18)14-8-2-5-11-4-1-7-13(11)14/h2-3,5-6,8,12,15H,1,4,7,9,18H2/t12-,15?/m0/s1. The Balaban J connectivity index is 1.87. The molecule has 0 fully saturated rings. The summed E-state index contributed by atoms with van der Waals surface area (Å²) >= 11 is 0. The van der Waals surface area contributed by atoms with Crippen molar-refractivity contribution in [3.05, 3.63) is 47.0 Å². The number of nitriles is 1. The Labute approximate surface area is 118 Å². The van der Waals surface area contributed by atoms with E-state index in [1.54, 1.807) is 11.0 Å².